The molecule has 0 atom stereocenters. The van der Waals surface area contributed by atoms with Gasteiger partial charge in [0.05, 0.1) is 19.3 Å². The number of hydrogen-bond acceptors (Lipinski definition) is 3. The Bertz CT molecular complexity index is 133. The van der Waals surface area contributed by atoms with E-state index in [-0.39, 0.29) is 0 Å². The van der Waals surface area contributed by atoms with Gasteiger partial charge in [0.15, 0.2) is 0 Å². The Balaban J connectivity index is 2.03. The van der Waals surface area contributed by atoms with Gasteiger partial charge in [-0.2, -0.15) is 0 Å². The van der Waals surface area contributed by atoms with Crippen LogP contribution in [0.2, 0.25) is 0 Å². The Labute approximate surface area is 87.2 Å². The van der Waals surface area contributed by atoms with Crippen LogP contribution in [0.4, 0.5) is 0 Å². The number of rotatable bonds is 6. The predicted octanol–water partition coefficient (Wildman–Crippen LogP) is 1.57. The number of nitrogens with one attached hydrogen (secondary N) is 1. The van der Waals surface area contributed by atoms with E-state index in [4.69, 9.17) is 9.47 Å². The lowest BCUT2D eigenvalue weighted by Crippen LogP contribution is -2.35. The molecule has 0 aromatic carbocycles. The molecule has 1 N–H and O–H groups in total. The summed E-state index contributed by atoms with van der Waals surface area (Å²) in [5.41, 5.74) is 0. The molecule has 0 heterocycles. The highest BCUT2D eigenvalue weighted by Gasteiger charge is 2.20. The fourth-order valence-corrected chi connectivity index (χ4v) is 2.02. The topological polar surface area (TPSA) is 30.5 Å². The van der Waals surface area contributed by atoms with Crippen LogP contribution in [0.3, 0.4) is 0 Å². The first-order valence-electron chi connectivity index (χ1n) is 5.70. The highest BCUT2D eigenvalue weighted by molar-refractivity contribution is 4.76. The average Bonchev–Trinajstić information content (AvgIpc) is 2.21. The van der Waals surface area contributed by atoms with Gasteiger partial charge in [-0.15, -0.1) is 0 Å². The maximum Gasteiger partial charge on any atom is 0.0704 e. The fraction of sp³-hybridized carbons (Fsp3) is 1.00. The lowest BCUT2D eigenvalue weighted by Gasteiger charge is -2.28. The maximum absolute atomic E-state index is 5.70. The fourth-order valence-electron chi connectivity index (χ4n) is 2.02. The van der Waals surface area contributed by atoms with Crippen molar-refractivity contribution in [2.75, 3.05) is 26.9 Å². The lowest BCUT2D eigenvalue weighted by molar-refractivity contribution is -0.00414. The van der Waals surface area contributed by atoms with Gasteiger partial charge in [0.25, 0.3) is 0 Å². The molecule has 0 aromatic heterocycles. The molecular formula is C11H23NO2. The zero-order chi connectivity index (χ0) is 10.2. The molecule has 0 bridgehead atoms. The van der Waals surface area contributed by atoms with Crippen LogP contribution in [0.5, 0.6) is 0 Å². The largest absolute Gasteiger partial charge is 0.382 e. The monoisotopic (exact) mass is 201 g/mol. The van der Waals surface area contributed by atoms with E-state index in [0.29, 0.717) is 12.7 Å². The second-order valence-electron chi connectivity index (χ2n) is 3.89. The summed E-state index contributed by atoms with van der Waals surface area (Å²) in [4.78, 5) is 0. The molecule has 0 spiro atoms. The second kappa shape index (κ2) is 7.21. The molecule has 0 radical (unpaired) electrons. The Morgan fingerprint density at radius 3 is 2.43 bits per heavy atom. The van der Waals surface area contributed by atoms with Gasteiger partial charge in [0, 0.05) is 13.2 Å². The molecule has 84 valence electrons. The van der Waals surface area contributed by atoms with Crippen molar-refractivity contribution in [2.45, 2.75) is 44.8 Å². The van der Waals surface area contributed by atoms with Gasteiger partial charge in [0.2, 0.25) is 0 Å². The predicted molar refractivity (Wildman–Crippen MR) is 57.5 cm³/mol. The maximum atomic E-state index is 5.70. The van der Waals surface area contributed by atoms with Crippen LogP contribution >= 0.6 is 0 Å². The first-order chi connectivity index (χ1) is 6.86. The Morgan fingerprint density at radius 1 is 1.14 bits per heavy atom. The standard InChI is InChI=1S/C11H23NO2/c1-3-12-10-4-6-11(7-5-10)14-9-8-13-2/h10-12H,3-9H2,1-2H3. The molecule has 0 aliphatic heterocycles. The zero-order valence-corrected chi connectivity index (χ0v) is 9.42. The molecule has 0 saturated heterocycles. The van der Waals surface area contributed by atoms with E-state index in [9.17, 15) is 0 Å². The summed E-state index contributed by atoms with van der Waals surface area (Å²) >= 11 is 0. The van der Waals surface area contributed by atoms with Crippen molar-refractivity contribution in [2.24, 2.45) is 0 Å². The van der Waals surface area contributed by atoms with Crippen LogP contribution in [-0.2, 0) is 9.47 Å². The molecule has 1 aliphatic rings. The highest BCUT2D eigenvalue weighted by atomic mass is 16.5. The van der Waals surface area contributed by atoms with Crippen LogP contribution in [0.25, 0.3) is 0 Å². The first kappa shape index (κ1) is 12.0. The Morgan fingerprint density at radius 2 is 1.86 bits per heavy atom. The van der Waals surface area contributed by atoms with Crippen molar-refractivity contribution in [3.05, 3.63) is 0 Å². The van der Waals surface area contributed by atoms with E-state index in [1.807, 2.05) is 0 Å². The van der Waals surface area contributed by atoms with Crippen LogP contribution < -0.4 is 5.32 Å². The van der Waals surface area contributed by atoms with E-state index < -0.39 is 0 Å². The van der Waals surface area contributed by atoms with Crippen molar-refractivity contribution in [3.63, 3.8) is 0 Å². The van der Waals surface area contributed by atoms with Crippen molar-refractivity contribution >= 4 is 0 Å². The number of ether oxygens (including phenoxy) is 2. The molecule has 1 fully saturated rings. The molecule has 0 aromatic rings. The van der Waals surface area contributed by atoms with E-state index in [2.05, 4.69) is 12.2 Å². The molecule has 1 aliphatic carbocycles. The van der Waals surface area contributed by atoms with E-state index in [0.717, 1.165) is 19.2 Å². The van der Waals surface area contributed by atoms with Crippen LogP contribution in [0.15, 0.2) is 0 Å². The van der Waals surface area contributed by atoms with Gasteiger partial charge in [-0.05, 0) is 32.2 Å². The molecular weight excluding hydrogens is 178 g/mol. The van der Waals surface area contributed by atoms with Crippen molar-refractivity contribution in [1.29, 1.82) is 0 Å². The van der Waals surface area contributed by atoms with Gasteiger partial charge in [-0.25, -0.2) is 0 Å². The third-order valence-corrected chi connectivity index (χ3v) is 2.81. The summed E-state index contributed by atoms with van der Waals surface area (Å²) in [5, 5.41) is 3.49. The molecule has 14 heavy (non-hydrogen) atoms. The second-order valence-corrected chi connectivity index (χ2v) is 3.89. The van der Waals surface area contributed by atoms with Crippen LogP contribution in [0.1, 0.15) is 32.6 Å². The molecule has 0 amide bonds. The third kappa shape index (κ3) is 4.40. The minimum absolute atomic E-state index is 0.472. The van der Waals surface area contributed by atoms with Crippen molar-refractivity contribution in [3.8, 4) is 0 Å². The minimum Gasteiger partial charge on any atom is -0.382 e. The van der Waals surface area contributed by atoms with E-state index in [1.165, 1.54) is 25.7 Å². The smallest absolute Gasteiger partial charge is 0.0704 e. The summed E-state index contributed by atoms with van der Waals surface area (Å²) in [6, 6.07) is 0.724. The molecule has 0 unspecified atom stereocenters. The van der Waals surface area contributed by atoms with E-state index in [1.54, 1.807) is 7.11 Å². The number of methoxy groups -OCH3 is 1. The molecule has 3 heteroatoms. The summed E-state index contributed by atoms with van der Waals surface area (Å²) < 4.78 is 10.7. The summed E-state index contributed by atoms with van der Waals surface area (Å²) in [6.07, 6.45) is 5.37. The lowest BCUT2D eigenvalue weighted by atomic mass is 9.93. The van der Waals surface area contributed by atoms with Gasteiger partial charge in [0.1, 0.15) is 0 Å². The zero-order valence-electron chi connectivity index (χ0n) is 9.42. The van der Waals surface area contributed by atoms with E-state index >= 15 is 0 Å². The first-order valence-corrected chi connectivity index (χ1v) is 5.70. The quantitative estimate of drug-likeness (QED) is 0.662. The summed E-state index contributed by atoms with van der Waals surface area (Å²) in [6.45, 7) is 4.71. The molecule has 1 saturated carbocycles. The van der Waals surface area contributed by atoms with Gasteiger partial charge in [-0.1, -0.05) is 6.92 Å². The Kier molecular flexibility index (Phi) is 6.15. The summed E-state index contributed by atoms with van der Waals surface area (Å²) in [5.74, 6) is 0. The molecule has 3 nitrogen and oxygen atoms in total. The highest BCUT2D eigenvalue weighted by Crippen LogP contribution is 2.20. The minimum atomic E-state index is 0.472. The SMILES string of the molecule is CCNC1CCC(OCCOC)CC1. The van der Waals surface area contributed by atoms with Gasteiger partial charge in [-0.3, -0.25) is 0 Å². The summed E-state index contributed by atoms with van der Waals surface area (Å²) in [7, 11) is 1.71. The average molecular weight is 201 g/mol. The Hall–Kier alpha value is -0.120. The molecule has 1 rings (SSSR count). The third-order valence-electron chi connectivity index (χ3n) is 2.81. The van der Waals surface area contributed by atoms with Crippen LogP contribution in [0, 0.1) is 0 Å². The normalized spacial score (nSPS) is 27.9. The van der Waals surface area contributed by atoms with Crippen LogP contribution in [-0.4, -0.2) is 39.0 Å². The number of hydrogen-bond donors (Lipinski definition) is 1. The van der Waals surface area contributed by atoms with Crippen molar-refractivity contribution in [1.82, 2.24) is 5.32 Å². The van der Waals surface area contributed by atoms with Gasteiger partial charge < -0.3 is 14.8 Å². The van der Waals surface area contributed by atoms with Crippen molar-refractivity contribution < 1.29 is 9.47 Å². The van der Waals surface area contributed by atoms with Gasteiger partial charge >= 0.3 is 0 Å².